The van der Waals surface area contributed by atoms with Crippen LogP contribution in [0, 0.1) is 0 Å². The van der Waals surface area contributed by atoms with Gasteiger partial charge in [0.25, 0.3) is 0 Å². The van der Waals surface area contributed by atoms with Crippen LogP contribution in [0.2, 0.25) is 0 Å². The van der Waals surface area contributed by atoms with Crippen LogP contribution < -0.4 is 16.6 Å². The Morgan fingerprint density at radius 3 is 2.71 bits per heavy atom. The normalized spacial score (nSPS) is 13.9. The minimum Gasteiger partial charge on any atom is -0.352 e. The molecule has 5 heteroatoms. The average molecular weight is 218 g/mol. The molecule has 0 heterocycles. The van der Waals surface area contributed by atoms with Gasteiger partial charge in [0.1, 0.15) is 0 Å². The Bertz CT molecular complexity index is 161. The van der Waals surface area contributed by atoms with Crippen LogP contribution in [0.4, 0.5) is 0 Å². The second-order valence-electron chi connectivity index (χ2n) is 3.08. The Hall–Kier alpha value is -0.420. The highest BCUT2D eigenvalue weighted by Crippen LogP contribution is 2.00. The van der Waals surface area contributed by atoms with E-state index in [4.69, 9.17) is 5.84 Å². The van der Waals surface area contributed by atoms with E-state index in [1.165, 1.54) is 0 Å². The molecule has 0 spiro atoms. The first-order chi connectivity index (χ1) is 6.74. The van der Waals surface area contributed by atoms with Crippen LogP contribution in [-0.4, -0.2) is 30.1 Å². The molecule has 0 rings (SSSR count). The summed E-state index contributed by atoms with van der Waals surface area (Å²) in [6.07, 6.45) is 1.03. The highest BCUT2D eigenvalue weighted by Gasteiger charge is 2.03. The van der Waals surface area contributed by atoms with Crippen molar-refractivity contribution in [3.05, 3.63) is 0 Å². The number of thioether (sulfide) groups is 1. The summed E-state index contributed by atoms with van der Waals surface area (Å²) in [6.45, 7) is 7.18. The van der Waals surface area contributed by atoms with Crippen LogP contribution in [0.25, 0.3) is 0 Å². The highest BCUT2D eigenvalue weighted by molar-refractivity contribution is 7.99. The number of hydrazine groups is 1. The van der Waals surface area contributed by atoms with Gasteiger partial charge in [0.05, 0.1) is 0 Å². The number of nitrogens with zero attached hydrogens (tertiary/aromatic N) is 1. The molecule has 0 aromatic rings. The van der Waals surface area contributed by atoms with Gasteiger partial charge in [-0.1, -0.05) is 13.8 Å². The molecule has 0 saturated heterocycles. The molecule has 0 saturated carbocycles. The van der Waals surface area contributed by atoms with Crippen LogP contribution >= 0.6 is 11.8 Å². The zero-order valence-corrected chi connectivity index (χ0v) is 10.2. The van der Waals surface area contributed by atoms with Crippen molar-refractivity contribution in [3.8, 4) is 0 Å². The van der Waals surface area contributed by atoms with Crippen LogP contribution in [0.15, 0.2) is 4.99 Å². The molecule has 0 aliphatic rings. The van der Waals surface area contributed by atoms with Crippen molar-refractivity contribution in [3.63, 3.8) is 0 Å². The molecular weight excluding hydrogens is 196 g/mol. The lowest BCUT2D eigenvalue weighted by Gasteiger charge is -2.15. The van der Waals surface area contributed by atoms with Gasteiger partial charge in [0.2, 0.25) is 5.96 Å². The van der Waals surface area contributed by atoms with Gasteiger partial charge in [0, 0.05) is 18.3 Å². The number of hydrogen-bond acceptors (Lipinski definition) is 3. The maximum absolute atomic E-state index is 5.34. The topological polar surface area (TPSA) is 62.4 Å². The van der Waals surface area contributed by atoms with Crippen LogP contribution in [0.1, 0.15) is 27.2 Å². The van der Waals surface area contributed by atoms with Gasteiger partial charge in [-0.05, 0) is 19.1 Å². The van der Waals surface area contributed by atoms with Gasteiger partial charge >= 0.3 is 0 Å². The molecule has 1 atom stereocenters. The van der Waals surface area contributed by atoms with Crippen molar-refractivity contribution >= 4 is 17.7 Å². The molecule has 0 aliphatic heterocycles. The Morgan fingerprint density at radius 2 is 2.21 bits per heavy atom. The van der Waals surface area contributed by atoms with Gasteiger partial charge in [-0.25, -0.2) is 5.84 Å². The van der Waals surface area contributed by atoms with Crippen molar-refractivity contribution < 1.29 is 0 Å². The monoisotopic (exact) mass is 218 g/mol. The molecule has 84 valence electrons. The van der Waals surface area contributed by atoms with E-state index in [1.54, 1.807) is 0 Å². The predicted molar refractivity (Wildman–Crippen MR) is 65.5 cm³/mol. The molecule has 14 heavy (non-hydrogen) atoms. The largest absolute Gasteiger partial charge is 0.352 e. The minimum atomic E-state index is 0.395. The van der Waals surface area contributed by atoms with E-state index in [1.807, 2.05) is 11.8 Å². The van der Waals surface area contributed by atoms with Gasteiger partial charge < -0.3 is 5.32 Å². The second-order valence-corrected chi connectivity index (χ2v) is 4.40. The number of nitrogens with two attached hydrogens (primary N) is 1. The first kappa shape index (κ1) is 13.6. The van der Waals surface area contributed by atoms with Gasteiger partial charge in [-0.3, -0.25) is 10.4 Å². The number of hydrogen-bond donors (Lipinski definition) is 3. The fourth-order valence-electron chi connectivity index (χ4n) is 0.926. The summed E-state index contributed by atoms with van der Waals surface area (Å²) in [7, 11) is 0. The number of guanidine groups is 1. The van der Waals surface area contributed by atoms with Crippen molar-refractivity contribution in [2.24, 2.45) is 10.8 Å². The van der Waals surface area contributed by atoms with E-state index in [0.717, 1.165) is 24.5 Å². The van der Waals surface area contributed by atoms with E-state index < -0.39 is 0 Å². The van der Waals surface area contributed by atoms with Crippen LogP contribution in [-0.2, 0) is 0 Å². The van der Waals surface area contributed by atoms with E-state index >= 15 is 0 Å². The van der Waals surface area contributed by atoms with Gasteiger partial charge in [-0.2, -0.15) is 11.8 Å². The molecule has 0 aliphatic carbocycles. The molecule has 0 aromatic heterocycles. The Balaban J connectivity index is 3.79. The molecule has 0 amide bonds. The first-order valence-corrected chi connectivity index (χ1v) is 6.25. The maximum Gasteiger partial charge on any atom is 0.205 e. The van der Waals surface area contributed by atoms with E-state index in [-0.39, 0.29) is 0 Å². The summed E-state index contributed by atoms with van der Waals surface area (Å²) in [4.78, 5) is 4.27. The van der Waals surface area contributed by atoms with Gasteiger partial charge in [0.15, 0.2) is 0 Å². The zero-order valence-electron chi connectivity index (χ0n) is 9.34. The Morgan fingerprint density at radius 1 is 1.50 bits per heavy atom. The molecule has 0 aromatic carbocycles. The number of nitrogens with one attached hydrogen (secondary N) is 2. The predicted octanol–water partition coefficient (Wildman–Crippen LogP) is 0.947. The Labute approximate surface area is 91.1 Å². The standard InChI is InChI=1S/C9H22N4S/c1-4-6-11-9(13-10)12-8(3)7-14-5-2/h8H,4-7,10H2,1-3H3,(H2,11,12,13). The minimum absolute atomic E-state index is 0.395. The molecule has 0 fully saturated rings. The number of aliphatic imine (C=N–C) groups is 1. The van der Waals surface area contributed by atoms with Crippen LogP contribution in [0.3, 0.4) is 0 Å². The van der Waals surface area contributed by atoms with Gasteiger partial charge in [-0.15, -0.1) is 0 Å². The highest BCUT2D eigenvalue weighted by atomic mass is 32.2. The molecule has 0 bridgehead atoms. The summed E-state index contributed by atoms with van der Waals surface area (Å²) in [5, 5.41) is 3.23. The summed E-state index contributed by atoms with van der Waals surface area (Å²) in [5.74, 6) is 8.25. The lowest BCUT2D eigenvalue weighted by Crippen LogP contribution is -2.46. The van der Waals surface area contributed by atoms with Crippen LogP contribution in [0.5, 0.6) is 0 Å². The van der Waals surface area contributed by atoms with Crippen molar-refractivity contribution in [2.75, 3.05) is 18.1 Å². The lowest BCUT2D eigenvalue weighted by atomic mass is 10.4. The average Bonchev–Trinajstić information content (AvgIpc) is 2.21. The van der Waals surface area contributed by atoms with E-state index in [0.29, 0.717) is 12.0 Å². The zero-order chi connectivity index (χ0) is 10.8. The smallest absolute Gasteiger partial charge is 0.205 e. The quantitative estimate of drug-likeness (QED) is 0.269. The maximum atomic E-state index is 5.34. The molecule has 4 nitrogen and oxygen atoms in total. The second kappa shape index (κ2) is 9.15. The Kier molecular flexibility index (Phi) is 8.87. The van der Waals surface area contributed by atoms with E-state index in [2.05, 4.69) is 36.5 Å². The first-order valence-electron chi connectivity index (χ1n) is 5.09. The third kappa shape index (κ3) is 7.03. The van der Waals surface area contributed by atoms with E-state index in [9.17, 15) is 0 Å². The summed E-state index contributed by atoms with van der Waals surface area (Å²) >= 11 is 1.91. The third-order valence-electron chi connectivity index (χ3n) is 1.59. The fourth-order valence-corrected chi connectivity index (χ4v) is 1.60. The third-order valence-corrected chi connectivity index (χ3v) is 2.73. The lowest BCUT2D eigenvalue weighted by molar-refractivity contribution is 0.709. The fraction of sp³-hybridized carbons (Fsp3) is 0.889. The molecule has 4 N–H and O–H groups in total. The molecule has 1 unspecified atom stereocenters. The SMILES string of the molecule is CCCN=C(NN)NC(C)CSCC. The molecular formula is C9H22N4S. The van der Waals surface area contributed by atoms with Crippen molar-refractivity contribution in [2.45, 2.75) is 33.2 Å². The molecule has 0 radical (unpaired) electrons. The summed E-state index contributed by atoms with van der Waals surface area (Å²) < 4.78 is 0. The number of rotatable bonds is 6. The summed E-state index contributed by atoms with van der Waals surface area (Å²) in [5.41, 5.74) is 2.57. The van der Waals surface area contributed by atoms with Crippen molar-refractivity contribution in [1.29, 1.82) is 0 Å². The van der Waals surface area contributed by atoms with Crippen molar-refractivity contribution in [1.82, 2.24) is 10.7 Å². The summed E-state index contributed by atoms with van der Waals surface area (Å²) in [6, 6.07) is 0.395.